The zero-order chi connectivity index (χ0) is 14.9. The number of carbonyl (C=O) groups excluding carboxylic acids is 1. The number of nitrogens with zero attached hydrogens (tertiary/aromatic N) is 1. The predicted molar refractivity (Wildman–Crippen MR) is 95.1 cm³/mol. The van der Waals surface area contributed by atoms with E-state index in [1.807, 2.05) is 4.90 Å². The molecule has 1 aromatic heterocycles. The molecule has 1 unspecified atom stereocenters. The van der Waals surface area contributed by atoms with Crippen molar-refractivity contribution in [2.45, 2.75) is 51.9 Å². The molecule has 1 amide bonds. The summed E-state index contributed by atoms with van der Waals surface area (Å²) in [7, 11) is 0. The minimum absolute atomic E-state index is 0. The molecule has 2 heterocycles. The fraction of sp³-hybridized carbons (Fsp3) is 0.706. The van der Waals surface area contributed by atoms with E-state index < -0.39 is 0 Å². The summed E-state index contributed by atoms with van der Waals surface area (Å²) in [5.74, 6) is 0.226. The van der Waals surface area contributed by atoms with E-state index in [0.29, 0.717) is 6.54 Å². The van der Waals surface area contributed by atoms with Gasteiger partial charge in [0, 0.05) is 18.0 Å². The number of hydrogen-bond acceptors (Lipinski definition) is 3. The molecule has 124 valence electrons. The summed E-state index contributed by atoms with van der Waals surface area (Å²) in [6.45, 7) is 4.52. The van der Waals surface area contributed by atoms with E-state index in [9.17, 15) is 4.79 Å². The number of hydrogen-bond donors (Lipinski definition) is 1. The third kappa shape index (κ3) is 3.66. The van der Waals surface area contributed by atoms with Gasteiger partial charge in [-0.05, 0) is 55.7 Å². The molecule has 0 spiro atoms. The highest BCUT2D eigenvalue weighted by Gasteiger charge is 2.35. The Hall–Kier alpha value is -0.580. The minimum atomic E-state index is 0. The molecule has 5 heteroatoms. The van der Waals surface area contributed by atoms with Gasteiger partial charge < -0.3 is 10.6 Å². The van der Waals surface area contributed by atoms with Crippen LogP contribution in [0.15, 0.2) is 6.07 Å². The van der Waals surface area contributed by atoms with Gasteiger partial charge in [-0.2, -0.15) is 0 Å². The van der Waals surface area contributed by atoms with Gasteiger partial charge in [0.15, 0.2) is 0 Å². The Morgan fingerprint density at radius 1 is 1.32 bits per heavy atom. The molecular weight excluding hydrogens is 316 g/mol. The van der Waals surface area contributed by atoms with Crippen LogP contribution in [0.3, 0.4) is 0 Å². The molecule has 2 N–H and O–H groups in total. The summed E-state index contributed by atoms with van der Waals surface area (Å²) in [6.07, 6.45) is 8.55. The van der Waals surface area contributed by atoms with Crippen LogP contribution in [0.5, 0.6) is 0 Å². The van der Waals surface area contributed by atoms with Gasteiger partial charge in [-0.25, -0.2) is 0 Å². The molecule has 1 atom stereocenters. The van der Waals surface area contributed by atoms with Crippen LogP contribution >= 0.6 is 23.7 Å². The van der Waals surface area contributed by atoms with Gasteiger partial charge >= 0.3 is 0 Å². The molecular formula is C17H27ClN2OS. The van der Waals surface area contributed by atoms with Crippen LogP contribution in [0.2, 0.25) is 0 Å². The summed E-state index contributed by atoms with van der Waals surface area (Å²) in [5, 5.41) is 0. The van der Waals surface area contributed by atoms with Crippen LogP contribution in [-0.2, 0) is 12.8 Å². The summed E-state index contributed by atoms with van der Waals surface area (Å²) in [6, 6.07) is 2.17. The third-order valence-electron chi connectivity index (χ3n) is 5.05. The smallest absolute Gasteiger partial charge is 0.263 e. The average Bonchev–Trinajstić information content (AvgIpc) is 3.03. The predicted octanol–water partition coefficient (Wildman–Crippen LogP) is 3.64. The molecule has 1 aromatic rings. The zero-order valence-electron chi connectivity index (χ0n) is 13.4. The second kappa shape index (κ2) is 7.33. The highest BCUT2D eigenvalue weighted by molar-refractivity contribution is 7.14. The quantitative estimate of drug-likeness (QED) is 0.891. The fourth-order valence-corrected chi connectivity index (χ4v) is 4.69. The number of aryl methyl sites for hydroxylation is 2. The second-order valence-electron chi connectivity index (χ2n) is 6.96. The fourth-order valence-electron chi connectivity index (χ4n) is 3.47. The van der Waals surface area contributed by atoms with E-state index in [0.717, 1.165) is 37.2 Å². The number of fused-ring (bicyclic) bond motifs is 1. The number of amides is 1. The van der Waals surface area contributed by atoms with Crippen molar-refractivity contribution in [3.05, 3.63) is 21.4 Å². The van der Waals surface area contributed by atoms with Gasteiger partial charge in [-0.15, -0.1) is 23.7 Å². The van der Waals surface area contributed by atoms with Crippen molar-refractivity contribution in [2.75, 3.05) is 19.6 Å². The molecule has 0 aromatic carbocycles. The Morgan fingerprint density at radius 3 is 2.73 bits per heavy atom. The maximum atomic E-state index is 12.7. The highest BCUT2D eigenvalue weighted by atomic mass is 35.5. The molecule has 1 aliphatic carbocycles. The van der Waals surface area contributed by atoms with Gasteiger partial charge in [0.2, 0.25) is 0 Å². The lowest BCUT2D eigenvalue weighted by atomic mass is 9.90. The number of nitrogens with two attached hydrogens (primary N) is 1. The highest BCUT2D eigenvalue weighted by Crippen LogP contribution is 2.33. The van der Waals surface area contributed by atoms with Crippen molar-refractivity contribution >= 4 is 29.7 Å². The summed E-state index contributed by atoms with van der Waals surface area (Å²) in [5.41, 5.74) is 7.39. The van der Waals surface area contributed by atoms with Crippen molar-refractivity contribution in [1.82, 2.24) is 4.90 Å². The normalized spacial score (nSPS) is 25.1. The molecule has 1 aliphatic heterocycles. The Labute approximate surface area is 143 Å². The molecule has 22 heavy (non-hydrogen) atoms. The molecule has 0 radical (unpaired) electrons. The van der Waals surface area contributed by atoms with E-state index in [1.54, 1.807) is 11.3 Å². The maximum absolute atomic E-state index is 12.7. The molecule has 2 aliphatic rings. The number of carbonyl (C=O) groups is 1. The molecule has 1 saturated heterocycles. The van der Waals surface area contributed by atoms with Crippen LogP contribution < -0.4 is 5.73 Å². The Balaban J connectivity index is 0.00000176. The Morgan fingerprint density at radius 2 is 2.05 bits per heavy atom. The molecule has 1 fully saturated rings. The molecule has 0 bridgehead atoms. The van der Waals surface area contributed by atoms with Gasteiger partial charge in [-0.3, -0.25) is 4.79 Å². The van der Waals surface area contributed by atoms with Crippen molar-refractivity contribution in [2.24, 2.45) is 11.1 Å². The van der Waals surface area contributed by atoms with Crippen LogP contribution in [0.1, 0.15) is 59.1 Å². The van der Waals surface area contributed by atoms with Crippen LogP contribution in [0.25, 0.3) is 0 Å². The van der Waals surface area contributed by atoms with Gasteiger partial charge in [0.25, 0.3) is 5.91 Å². The number of likely N-dealkylation sites (tertiary alicyclic amines) is 1. The number of thiophene rings is 1. The average molecular weight is 343 g/mol. The topological polar surface area (TPSA) is 46.3 Å². The van der Waals surface area contributed by atoms with E-state index in [2.05, 4.69) is 13.0 Å². The second-order valence-corrected chi connectivity index (χ2v) is 8.10. The first-order valence-electron chi connectivity index (χ1n) is 8.22. The molecule has 0 saturated carbocycles. The Kier molecular flexibility index (Phi) is 5.92. The minimum Gasteiger partial charge on any atom is -0.337 e. The lowest BCUT2D eigenvalue weighted by Crippen LogP contribution is -2.34. The lowest BCUT2D eigenvalue weighted by Gasteiger charge is -2.22. The molecule has 3 nitrogen and oxygen atoms in total. The van der Waals surface area contributed by atoms with Crippen molar-refractivity contribution in [3.63, 3.8) is 0 Å². The van der Waals surface area contributed by atoms with E-state index in [4.69, 9.17) is 5.73 Å². The summed E-state index contributed by atoms with van der Waals surface area (Å²) in [4.78, 5) is 17.1. The number of rotatable bonds is 2. The standard InChI is InChI=1S/C17H26N2OS.ClH/c1-17(11-18)8-9-19(12-17)16(20)15-10-13-6-4-2-3-5-7-14(13)21-15;/h10H,2-9,11-12,18H2,1H3;1H. The van der Waals surface area contributed by atoms with Crippen molar-refractivity contribution in [3.8, 4) is 0 Å². The first-order chi connectivity index (χ1) is 10.1. The van der Waals surface area contributed by atoms with E-state index in [1.165, 1.54) is 36.1 Å². The van der Waals surface area contributed by atoms with Crippen molar-refractivity contribution in [1.29, 1.82) is 0 Å². The first-order valence-corrected chi connectivity index (χ1v) is 9.04. The first kappa shape index (κ1) is 17.8. The van der Waals surface area contributed by atoms with E-state index >= 15 is 0 Å². The van der Waals surface area contributed by atoms with Gasteiger partial charge in [0.1, 0.15) is 0 Å². The van der Waals surface area contributed by atoms with Crippen LogP contribution in [0, 0.1) is 5.41 Å². The summed E-state index contributed by atoms with van der Waals surface area (Å²) >= 11 is 1.74. The monoisotopic (exact) mass is 342 g/mol. The van der Waals surface area contributed by atoms with Gasteiger partial charge in [-0.1, -0.05) is 19.8 Å². The lowest BCUT2D eigenvalue weighted by molar-refractivity contribution is 0.0781. The largest absolute Gasteiger partial charge is 0.337 e. The number of halogens is 1. The van der Waals surface area contributed by atoms with E-state index in [-0.39, 0.29) is 23.7 Å². The maximum Gasteiger partial charge on any atom is 0.263 e. The Bertz CT molecular complexity index is 505. The van der Waals surface area contributed by atoms with Crippen molar-refractivity contribution < 1.29 is 4.79 Å². The van der Waals surface area contributed by atoms with Gasteiger partial charge in [0.05, 0.1) is 4.88 Å². The third-order valence-corrected chi connectivity index (χ3v) is 6.27. The van der Waals surface area contributed by atoms with Crippen LogP contribution in [0.4, 0.5) is 0 Å². The molecule has 3 rings (SSSR count). The van der Waals surface area contributed by atoms with Crippen LogP contribution in [-0.4, -0.2) is 30.4 Å². The zero-order valence-corrected chi connectivity index (χ0v) is 15.0. The summed E-state index contributed by atoms with van der Waals surface area (Å²) < 4.78 is 0. The SMILES string of the molecule is CC1(CN)CCN(C(=O)c2cc3c(s2)CCCCCC3)C1.Cl.